The van der Waals surface area contributed by atoms with Gasteiger partial charge in [0.25, 0.3) is 0 Å². The van der Waals surface area contributed by atoms with Gasteiger partial charge in [0, 0.05) is 25.2 Å². The second kappa shape index (κ2) is 7.41. The number of nitrogens with zero attached hydrogens (tertiary/aromatic N) is 1. The molecule has 0 aromatic heterocycles. The first kappa shape index (κ1) is 15.8. The van der Waals surface area contributed by atoms with Gasteiger partial charge in [-0.1, -0.05) is 32.6 Å². The van der Waals surface area contributed by atoms with Crippen LogP contribution in [0.15, 0.2) is 0 Å². The highest BCUT2D eigenvalue weighted by molar-refractivity contribution is 5.76. The molecule has 4 heteroatoms. The molecule has 0 bridgehead atoms. The molecule has 0 aromatic carbocycles. The van der Waals surface area contributed by atoms with E-state index in [-0.39, 0.29) is 17.6 Å². The standard InChI is InChI=1S/C16H30N2O2/c1-3-8-14(15(19)20-4-2)18-12-11-17-13-16(18)9-6-5-7-10-16/h14,17H,3-13H2,1-2H3. The quantitative estimate of drug-likeness (QED) is 0.786. The third-order valence-electron chi connectivity index (χ3n) is 4.87. The Morgan fingerprint density at radius 1 is 1.30 bits per heavy atom. The van der Waals surface area contributed by atoms with Crippen molar-refractivity contribution in [2.75, 3.05) is 26.2 Å². The van der Waals surface area contributed by atoms with Crippen LogP contribution in [0.4, 0.5) is 0 Å². The molecule has 1 N–H and O–H groups in total. The van der Waals surface area contributed by atoms with Crippen molar-refractivity contribution in [1.29, 1.82) is 0 Å². The van der Waals surface area contributed by atoms with Crippen LogP contribution in [0.2, 0.25) is 0 Å². The van der Waals surface area contributed by atoms with Crippen molar-refractivity contribution in [3.63, 3.8) is 0 Å². The summed E-state index contributed by atoms with van der Waals surface area (Å²) in [6.07, 6.45) is 8.32. The number of ether oxygens (including phenoxy) is 1. The second-order valence-electron chi connectivity index (χ2n) is 6.21. The molecule has 1 aliphatic heterocycles. The molecule has 116 valence electrons. The van der Waals surface area contributed by atoms with Gasteiger partial charge in [0.2, 0.25) is 0 Å². The van der Waals surface area contributed by atoms with Gasteiger partial charge in [0.15, 0.2) is 0 Å². The summed E-state index contributed by atoms with van der Waals surface area (Å²) in [4.78, 5) is 14.9. The summed E-state index contributed by atoms with van der Waals surface area (Å²) in [5, 5.41) is 3.55. The smallest absolute Gasteiger partial charge is 0.323 e. The Labute approximate surface area is 123 Å². The zero-order valence-corrected chi connectivity index (χ0v) is 13.1. The van der Waals surface area contributed by atoms with Crippen LogP contribution < -0.4 is 5.32 Å². The zero-order valence-electron chi connectivity index (χ0n) is 13.1. The highest BCUT2D eigenvalue weighted by Gasteiger charge is 2.44. The van der Waals surface area contributed by atoms with E-state index in [2.05, 4.69) is 17.1 Å². The number of esters is 1. The number of piperazine rings is 1. The lowest BCUT2D eigenvalue weighted by Gasteiger charge is -2.52. The van der Waals surface area contributed by atoms with Crippen LogP contribution in [-0.4, -0.2) is 48.7 Å². The first-order valence-electron chi connectivity index (χ1n) is 8.37. The molecule has 0 aromatic rings. The Hall–Kier alpha value is -0.610. The largest absolute Gasteiger partial charge is 0.465 e. The molecule has 2 fully saturated rings. The predicted molar refractivity (Wildman–Crippen MR) is 80.7 cm³/mol. The van der Waals surface area contributed by atoms with Crippen molar-refractivity contribution < 1.29 is 9.53 Å². The summed E-state index contributed by atoms with van der Waals surface area (Å²) in [6.45, 7) is 7.53. The summed E-state index contributed by atoms with van der Waals surface area (Å²) >= 11 is 0. The molecule has 1 saturated carbocycles. The summed E-state index contributed by atoms with van der Waals surface area (Å²) in [7, 11) is 0. The van der Waals surface area contributed by atoms with Crippen molar-refractivity contribution in [2.45, 2.75) is 70.4 Å². The predicted octanol–water partition coefficient (Wildman–Crippen LogP) is 2.33. The summed E-state index contributed by atoms with van der Waals surface area (Å²) in [5.41, 5.74) is 0.198. The molecule has 1 saturated heterocycles. The third-order valence-corrected chi connectivity index (χ3v) is 4.87. The SMILES string of the molecule is CCCC(C(=O)OCC)N1CCNCC12CCCCC2. The number of carbonyl (C=O) groups is 1. The fourth-order valence-corrected chi connectivity index (χ4v) is 3.93. The van der Waals surface area contributed by atoms with Gasteiger partial charge >= 0.3 is 5.97 Å². The average Bonchev–Trinajstić information content (AvgIpc) is 2.47. The zero-order chi connectivity index (χ0) is 14.4. The molecule has 4 nitrogen and oxygen atoms in total. The van der Waals surface area contributed by atoms with Crippen molar-refractivity contribution >= 4 is 5.97 Å². The Balaban J connectivity index is 2.16. The number of carbonyl (C=O) groups excluding carboxylic acids is 1. The summed E-state index contributed by atoms with van der Waals surface area (Å²) in [6, 6.07) is -0.0415. The number of nitrogens with one attached hydrogen (secondary N) is 1. The number of hydrogen-bond donors (Lipinski definition) is 1. The third kappa shape index (κ3) is 3.34. The molecule has 2 rings (SSSR count). The van der Waals surface area contributed by atoms with Crippen LogP contribution in [0.5, 0.6) is 0 Å². The maximum atomic E-state index is 12.4. The van der Waals surface area contributed by atoms with Gasteiger partial charge in [0.05, 0.1) is 6.61 Å². The Morgan fingerprint density at radius 3 is 2.70 bits per heavy atom. The van der Waals surface area contributed by atoms with Gasteiger partial charge in [-0.3, -0.25) is 9.69 Å². The van der Waals surface area contributed by atoms with Crippen LogP contribution >= 0.6 is 0 Å². The average molecular weight is 282 g/mol. The van der Waals surface area contributed by atoms with E-state index >= 15 is 0 Å². The Morgan fingerprint density at radius 2 is 2.05 bits per heavy atom. The lowest BCUT2D eigenvalue weighted by atomic mass is 9.78. The van der Waals surface area contributed by atoms with Gasteiger partial charge in [0.1, 0.15) is 6.04 Å². The monoisotopic (exact) mass is 282 g/mol. The highest BCUT2D eigenvalue weighted by atomic mass is 16.5. The molecule has 1 atom stereocenters. The minimum Gasteiger partial charge on any atom is -0.465 e. The van der Waals surface area contributed by atoms with E-state index in [1.807, 2.05) is 6.92 Å². The van der Waals surface area contributed by atoms with Crippen LogP contribution in [0.3, 0.4) is 0 Å². The number of hydrogen-bond acceptors (Lipinski definition) is 4. The summed E-state index contributed by atoms with van der Waals surface area (Å²) in [5.74, 6) is -0.0128. The van der Waals surface area contributed by atoms with Crippen molar-refractivity contribution in [2.24, 2.45) is 0 Å². The fraction of sp³-hybridized carbons (Fsp3) is 0.938. The maximum absolute atomic E-state index is 12.4. The van der Waals surface area contributed by atoms with Gasteiger partial charge < -0.3 is 10.1 Å². The molecule has 1 heterocycles. The molecule has 0 radical (unpaired) electrons. The number of rotatable bonds is 5. The molecule has 20 heavy (non-hydrogen) atoms. The van der Waals surface area contributed by atoms with E-state index in [1.165, 1.54) is 32.1 Å². The lowest BCUT2D eigenvalue weighted by molar-refractivity contribution is -0.155. The van der Waals surface area contributed by atoms with E-state index in [4.69, 9.17) is 4.74 Å². The van der Waals surface area contributed by atoms with Crippen LogP contribution in [0, 0.1) is 0 Å². The molecular weight excluding hydrogens is 252 g/mol. The Bertz CT molecular complexity index is 305. The molecule has 1 aliphatic carbocycles. The van der Waals surface area contributed by atoms with Crippen LogP contribution in [0.1, 0.15) is 58.8 Å². The van der Waals surface area contributed by atoms with E-state index < -0.39 is 0 Å². The van der Waals surface area contributed by atoms with Gasteiger partial charge in [-0.25, -0.2) is 0 Å². The van der Waals surface area contributed by atoms with E-state index in [0.717, 1.165) is 32.5 Å². The van der Waals surface area contributed by atoms with Crippen LogP contribution in [-0.2, 0) is 9.53 Å². The van der Waals surface area contributed by atoms with Crippen molar-refractivity contribution in [3.05, 3.63) is 0 Å². The minimum absolute atomic E-state index is 0.0128. The van der Waals surface area contributed by atoms with Gasteiger partial charge in [-0.2, -0.15) is 0 Å². The maximum Gasteiger partial charge on any atom is 0.323 e. The van der Waals surface area contributed by atoms with E-state index in [9.17, 15) is 4.79 Å². The second-order valence-corrected chi connectivity index (χ2v) is 6.21. The minimum atomic E-state index is -0.0415. The lowest BCUT2D eigenvalue weighted by Crippen LogP contribution is -2.66. The van der Waals surface area contributed by atoms with Crippen molar-refractivity contribution in [3.8, 4) is 0 Å². The molecule has 0 amide bonds. The first-order valence-corrected chi connectivity index (χ1v) is 8.37. The van der Waals surface area contributed by atoms with E-state index in [0.29, 0.717) is 6.61 Å². The highest BCUT2D eigenvalue weighted by Crippen LogP contribution is 2.36. The van der Waals surface area contributed by atoms with Crippen LogP contribution in [0.25, 0.3) is 0 Å². The van der Waals surface area contributed by atoms with E-state index in [1.54, 1.807) is 0 Å². The van der Waals surface area contributed by atoms with Crippen molar-refractivity contribution in [1.82, 2.24) is 10.2 Å². The Kier molecular flexibility index (Phi) is 5.85. The normalized spacial score (nSPS) is 24.5. The molecular formula is C16H30N2O2. The van der Waals surface area contributed by atoms with Gasteiger partial charge in [-0.15, -0.1) is 0 Å². The first-order chi connectivity index (χ1) is 9.73. The molecule has 1 unspecified atom stereocenters. The fourth-order valence-electron chi connectivity index (χ4n) is 3.93. The molecule has 2 aliphatic rings. The van der Waals surface area contributed by atoms with Gasteiger partial charge in [-0.05, 0) is 26.2 Å². The summed E-state index contributed by atoms with van der Waals surface area (Å²) < 4.78 is 5.34. The topological polar surface area (TPSA) is 41.6 Å². The molecule has 1 spiro atoms.